The second-order valence-corrected chi connectivity index (χ2v) is 3.74. The molecule has 0 radical (unpaired) electrons. The molecule has 0 N–H and O–H groups in total. The van der Waals surface area contributed by atoms with Crippen LogP contribution < -0.4 is 0 Å². The Bertz CT molecular complexity index is 361. The van der Waals surface area contributed by atoms with Gasteiger partial charge in [-0.25, -0.2) is 4.79 Å². The molecule has 4 nitrogen and oxygen atoms in total. The summed E-state index contributed by atoms with van der Waals surface area (Å²) in [5, 5.41) is 0. The number of methoxy groups -OCH3 is 1. The Kier molecular flexibility index (Phi) is 4.64. The minimum absolute atomic E-state index is 0.104. The molecule has 0 bridgehead atoms. The van der Waals surface area contributed by atoms with Gasteiger partial charge in [0.1, 0.15) is 6.04 Å². The summed E-state index contributed by atoms with van der Waals surface area (Å²) in [5.41, 5.74) is 0.733. The molecule has 1 atom stereocenters. The smallest absolute Gasteiger partial charge is 0.330 e. The number of ether oxygens (including phenoxy) is 1. The van der Waals surface area contributed by atoms with Crippen molar-refractivity contribution in [2.75, 3.05) is 7.11 Å². The van der Waals surface area contributed by atoms with Gasteiger partial charge in [-0.05, 0) is 18.1 Å². The summed E-state index contributed by atoms with van der Waals surface area (Å²) in [6.07, 6.45) is 3.28. The third-order valence-electron chi connectivity index (χ3n) is 2.13. The SMILES string of the molecule is COC(=O)C(N=Cc1ccccn1)C(C)C. The van der Waals surface area contributed by atoms with Crippen LogP contribution >= 0.6 is 0 Å². The molecule has 0 aromatic carbocycles. The Labute approximate surface area is 95.4 Å². The molecule has 0 amide bonds. The lowest BCUT2D eigenvalue weighted by Gasteiger charge is -2.12. The van der Waals surface area contributed by atoms with Crippen molar-refractivity contribution < 1.29 is 9.53 Å². The standard InChI is InChI=1S/C12H16N2O2/c1-9(2)11(12(15)16-3)14-8-10-6-4-5-7-13-10/h4-9,11H,1-3H3. The summed E-state index contributed by atoms with van der Waals surface area (Å²) in [6, 6.07) is 5.07. The summed E-state index contributed by atoms with van der Waals surface area (Å²) < 4.78 is 4.69. The van der Waals surface area contributed by atoms with E-state index in [9.17, 15) is 4.79 Å². The van der Waals surface area contributed by atoms with E-state index in [0.29, 0.717) is 0 Å². The predicted octanol–water partition coefficient (Wildman–Crippen LogP) is 1.70. The molecule has 86 valence electrons. The summed E-state index contributed by atoms with van der Waals surface area (Å²) in [5.74, 6) is -0.213. The molecule has 1 aromatic heterocycles. The highest BCUT2D eigenvalue weighted by atomic mass is 16.5. The number of carbonyl (C=O) groups excluding carboxylic acids is 1. The first kappa shape index (κ1) is 12.4. The monoisotopic (exact) mass is 220 g/mol. The third kappa shape index (κ3) is 3.46. The number of rotatable bonds is 4. The largest absolute Gasteiger partial charge is 0.467 e. The van der Waals surface area contributed by atoms with E-state index in [1.807, 2.05) is 32.0 Å². The van der Waals surface area contributed by atoms with Gasteiger partial charge < -0.3 is 4.74 Å². The molecular weight excluding hydrogens is 204 g/mol. The Balaban J connectivity index is 2.76. The van der Waals surface area contributed by atoms with Gasteiger partial charge in [0.2, 0.25) is 0 Å². The van der Waals surface area contributed by atoms with Crippen molar-refractivity contribution in [1.29, 1.82) is 0 Å². The second-order valence-electron chi connectivity index (χ2n) is 3.74. The number of hydrogen-bond acceptors (Lipinski definition) is 4. The van der Waals surface area contributed by atoms with Crippen LogP contribution in [0.1, 0.15) is 19.5 Å². The lowest BCUT2D eigenvalue weighted by molar-refractivity contribution is -0.143. The maximum atomic E-state index is 11.4. The topological polar surface area (TPSA) is 51.5 Å². The van der Waals surface area contributed by atoms with Crippen LogP contribution in [0.25, 0.3) is 0 Å². The van der Waals surface area contributed by atoms with E-state index in [1.165, 1.54) is 7.11 Å². The van der Waals surface area contributed by atoms with Crippen LogP contribution in [0.2, 0.25) is 0 Å². The predicted molar refractivity (Wildman–Crippen MR) is 62.5 cm³/mol. The molecule has 0 fully saturated rings. The number of aliphatic imine (C=N–C) groups is 1. The molecule has 1 unspecified atom stereocenters. The van der Waals surface area contributed by atoms with Crippen molar-refractivity contribution in [2.24, 2.45) is 10.9 Å². The number of nitrogens with zero attached hydrogens (tertiary/aromatic N) is 2. The maximum Gasteiger partial charge on any atom is 0.330 e. The van der Waals surface area contributed by atoms with E-state index in [-0.39, 0.29) is 11.9 Å². The number of hydrogen-bond donors (Lipinski definition) is 0. The molecule has 0 saturated carbocycles. The van der Waals surface area contributed by atoms with Crippen molar-refractivity contribution in [3.63, 3.8) is 0 Å². The van der Waals surface area contributed by atoms with E-state index in [0.717, 1.165) is 5.69 Å². The highest BCUT2D eigenvalue weighted by molar-refractivity contribution is 5.82. The zero-order chi connectivity index (χ0) is 12.0. The van der Waals surface area contributed by atoms with Crippen LogP contribution in [0.15, 0.2) is 29.4 Å². The average molecular weight is 220 g/mol. The van der Waals surface area contributed by atoms with Gasteiger partial charge in [0.15, 0.2) is 0 Å². The second kappa shape index (κ2) is 6.00. The molecule has 16 heavy (non-hydrogen) atoms. The van der Waals surface area contributed by atoms with E-state index in [1.54, 1.807) is 12.4 Å². The quantitative estimate of drug-likeness (QED) is 0.573. The molecule has 0 saturated heterocycles. The minimum Gasteiger partial charge on any atom is -0.467 e. The van der Waals surface area contributed by atoms with Gasteiger partial charge in [-0.15, -0.1) is 0 Å². The van der Waals surface area contributed by atoms with Gasteiger partial charge in [0.05, 0.1) is 12.8 Å². The summed E-state index contributed by atoms with van der Waals surface area (Å²) in [4.78, 5) is 19.7. The zero-order valence-electron chi connectivity index (χ0n) is 9.75. The normalized spacial score (nSPS) is 13.0. The molecule has 1 aromatic rings. The van der Waals surface area contributed by atoms with Gasteiger partial charge in [-0.3, -0.25) is 9.98 Å². The van der Waals surface area contributed by atoms with Gasteiger partial charge in [-0.2, -0.15) is 0 Å². The van der Waals surface area contributed by atoms with Crippen LogP contribution in [0, 0.1) is 5.92 Å². The van der Waals surface area contributed by atoms with Crippen molar-refractivity contribution in [1.82, 2.24) is 4.98 Å². The van der Waals surface area contributed by atoms with Crippen LogP contribution in [0.5, 0.6) is 0 Å². The number of esters is 1. The van der Waals surface area contributed by atoms with Crippen LogP contribution in [-0.2, 0) is 9.53 Å². The van der Waals surface area contributed by atoms with Crippen molar-refractivity contribution >= 4 is 12.2 Å². The van der Waals surface area contributed by atoms with E-state index < -0.39 is 6.04 Å². The Hall–Kier alpha value is -1.71. The Morgan fingerprint density at radius 1 is 1.50 bits per heavy atom. The molecule has 4 heteroatoms. The summed E-state index contributed by atoms with van der Waals surface area (Å²) in [7, 11) is 1.37. The Morgan fingerprint density at radius 3 is 2.75 bits per heavy atom. The van der Waals surface area contributed by atoms with Crippen LogP contribution in [0.4, 0.5) is 0 Å². The van der Waals surface area contributed by atoms with Crippen molar-refractivity contribution in [3.8, 4) is 0 Å². The molecule has 0 aliphatic heterocycles. The van der Waals surface area contributed by atoms with E-state index in [2.05, 4.69) is 14.7 Å². The fraction of sp³-hybridized carbons (Fsp3) is 0.417. The zero-order valence-corrected chi connectivity index (χ0v) is 9.75. The molecule has 0 aliphatic rings. The van der Waals surface area contributed by atoms with Gasteiger partial charge in [-0.1, -0.05) is 19.9 Å². The molecule has 0 aliphatic carbocycles. The van der Waals surface area contributed by atoms with Gasteiger partial charge >= 0.3 is 5.97 Å². The van der Waals surface area contributed by atoms with Gasteiger partial charge in [0.25, 0.3) is 0 Å². The number of carbonyl (C=O) groups is 1. The Morgan fingerprint density at radius 2 is 2.25 bits per heavy atom. The maximum absolute atomic E-state index is 11.4. The fourth-order valence-electron chi connectivity index (χ4n) is 1.23. The number of aromatic nitrogens is 1. The highest BCUT2D eigenvalue weighted by Gasteiger charge is 2.20. The lowest BCUT2D eigenvalue weighted by Crippen LogP contribution is -2.26. The van der Waals surface area contributed by atoms with Crippen molar-refractivity contribution in [3.05, 3.63) is 30.1 Å². The van der Waals surface area contributed by atoms with Gasteiger partial charge in [0, 0.05) is 12.4 Å². The first-order valence-corrected chi connectivity index (χ1v) is 5.17. The summed E-state index contributed by atoms with van der Waals surface area (Å²) in [6.45, 7) is 3.86. The average Bonchev–Trinajstić information content (AvgIpc) is 2.30. The highest BCUT2D eigenvalue weighted by Crippen LogP contribution is 2.08. The first-order chi connectivity index (χ1) is 7.65. The van der Waals surface area contributed by atoms with Crippen LogP contribution in [-0.4, -0.2) is 30.3 Å². The van der Waals surface area contributed by atoms with E-state index >= 15 is 0 Å². The van der Waals surface area contributed by atoms with Crippen LogP contribution in [0.3, 0.4) is 0 Å². The third-order valence-corrected chi connectivity index (χ3v) is 2.13. The summed E-state index contributed by atoms with van der Waals surface area (Å²) >= 11 is 0. The minimum atomic E-state index is -0.466. The first-order valence-electron chi connectivity index (χ1n) is 5.17. The van der Waals surface area contributed by atoms with E-state index in [4.69, 9.17) is 0 Å². The number of pyridine rings is 1. The molecule has 1 heterocycles. The molecule has 0 spiro atoms. The molecular formula is C12H16N2O2. The fourth-order valence-corrected chi connectivity index (χ4v) is 1.23. The molecule has 1 rings (SSSR count). The van der Waals surface area contributed by atoms with Crippen molar-refractivity contribution in [2.45, 2.75) is 19.9 Å². The lowest BCUT2D eigenvalue weighted by atomic mass is 10.1.